The molecule has 3 amide bonds. The van der Waals surface area contributed by atoms with Gasteiger partial charge in [-0.15, -0.1) is 0 Å². The minimum Gasteiger partial charge on any atom is -0.326 e. The number of fused-ring (bicyclic) bond motifs is 9. The van der Waals surface area contributed by atoms with Crippen molar-refractivity contribution in [1.82, 2.24) is 9.88 Å². The summed E-state index contributed by atoms with van der Waals surface area (Å²) < 4.78 is 0. The van der Waals surface area contributed by atoms with Gasteiger partial charge in [0.1, 0.15) is 0 Å². The predicted molar refractivity (Wildman–Crippen MR) is 123 cm³/mol. The minimum absolute atomic E-state index is 0.0391. The number of aromatic amines is 1. The second kappa shape index (κ2) is 7.33. The number of rotatable bonds is 4. The number of amides is 3. The number of imide groups is 1. The fourth-order valence-corrected chi connectivity index (χ4v) is 8.24. The summed E-state index contributed by atoms with van der Waals surface area (Å²) >= 11 is 8.66. The number of hydrogen-bond donors (Lipinski definition) is 2. The Hall–Kier alpha value is -2.36. The Kier molecular flexibility index (Phi) is 4.64. The van der Waals surface area contributed by atoms with Crippen LogP contribution in [0, 0.1) is 23.7 Å². The van der Waals surface area contributed by atoms with Gasteiger partial charge in [0.2, 0.25) is 17.7 Å². The van der Waals surface area contributed by atoms with Crippen molar-refractivity contribution in [2.24, 2.45) is 23.7 Å². The molecule has 1 saturated heterocycles. The molecule has 0 radical (unpaired) electrons. The number of H-pyrrole nitrogens is 1. The van der Waals surface area contributed by atoms with E-state index in [2.05, 4.69) is 16.4 Å². The molecule has 7 nitrogen and oxygen atoms in total. The van der Waals surface area contributed by atoms with Crippen LogP contribution in [0.5, 0.6) is 0 Å². The largest absolute Gasteiger partial charge is 0.326 e. The Morgan fingerprint density at radius 2 is 1.91 bits per heavy atom. The lowest BCUT2D eigenvalue weighted by Crippen LogP contribution is -2.35. The van der Waals surface area contributed by atoms with Crippen molar-refractivity contribution in [3.8, 4) is 0 Å². The Balaban J connectivity index is 1.17. The van der Waals surface area contributed by atoms with Gasteiger partial charge in [-0.25, -0.2) is 0 Å². The molecule has 2 aliphatic heterocycles. The molecule has 32 heavy (non-hydrogen) atoms. The molecule has 10 heteroatoms. The molecule has 0 spiro atoms. The van der Waals surface area contributed by atoms with Crippen molar-refractivity contribution in [1.29, 1.82) is 0 Å². The van der Waals surface area contributed by atoms with Gasteiger partial charge in [0, 0.05) is 28.9 Å². The topological polar surface area (TPSA) is 99.3 Å². The second-order valence-corrected chi connectivity index (χ2v) is 11.2. The third kappa shape index (κ3) is 3.02. The van der Waals surface area contributed by atoms with Crippen LogP contribution >= 0.6 is 34.7 Å². The maximum Gasteiger partial charge on any atom is 0.305 e. The highest BCUT2D eigenvalue weighted by Gasteiger charge is 2.66. The Morgan fingerprint density at radius 1 is 1.16 bits per heavy atom. The van der Waals surface area contributed by atoms with Crippen LogP contribution in [0.15, 0.2) is 39.7 Å². The molecule has 2 saturated carbocycles. The van der Waals surface area contributed by atoms with Gasteiger partial charge in [-0.05, 0) is 48.6 Å². The van der Waals surface area contributed by atoms with Crippen LogP contribution in [0.4, 0.5) is 5.69 Å². The number of thioether (sulfide) groups is 1. The number of aromatic nitrogens is 1. The molecular formula is C22H18ClN3O4S2. The van der Waals surface area contributed by atoms with Crippen molar-refractivity contribution in [3.63, 3.8) is 0 Å². The molecule has 2 bridgehead atoms. The highest BCUT2D eigenvalue weighted by Crippen LogP contribution is 2.64. The standard InChI is InChI=1S/C22H18ClN3O4S2/c23-9-1-3-10(4-2-9)24-15(27)5-6-26-20(28)16-11-7-13(17(16)21(26)29)18-12(11)8-14-19(32-18)25-22(30)31-14/h1-4,8,11,13,16-18H,5-7H2,(H,24,27)(H,25,30)/t11-,13+,16-,17-,18+/m0/s1. The SMILES string of the molecule is O=C(CCN1C(=O)[C@@H]2[C@@H](C1=O)[C@H]1C[C@H]2C2=Cc3sc(=O)[nH]c3S[C@H]21)Nc1ccc(Cl)cc1. The highest BCUT2D eigenvalue weighted by molar-refractivity contribution is 8.00. The van der Waals surface area contributed by atoms with E-state index in [1.807, 2.05) is 0 Å². The first-order valence-corrected chi connectivity index (χ1v) is 12.5. The number of thiazole rings is 1. The van der Waals surface area contributed by atoms with E-state index in [0.29, 0.717) is 10.7 Å². The third-order valence-corrected chi connectivity index (χ3v) is 9.57. The molecule has 2 N–H and O–H groups in total. The maximum atomic E-state index is 13.2. The van der Waals surface area contributed by atoms with E-state index in [4.69, 9.17) is 11.6 Å². The van der Waals surface area contributed by atoms with E-state index >= 15 is 0 Å². The monoisotopic (exact) mass is 487 g/mol. The van der Waals surface area contributed by atoms with Gasteiger partial charge >= 0.3 is 4.87 Å². The molecule has 2 aliphatic carbocycles. The molecule has 1 aromatic heterocycles. The zero-order valence-electron chi connectivity index (χ0n) is 16.7. The summed E-state index contributed by atoms with van der Waals surface area (Å²) in [5, 5.41) is 4.34. The summed E-state index contributed by atoms with van der Waals surface area (Å²) in [6, 6.07) is 6.77. The summed E-state index contributed by atoms with van der Waals surface area (Å²) in [6.45, 7) is 0.0844. The number of hydrogen-bond acceptors (Lipinski definition) is 6. The number of carbonyl (C=O) groups is 3. The Morgan fingerprint density at radius 3 is 2.69 bits per heavy atom. The van der Waals surface area contributed by atoms with Crippen LogP contribution in [0.25, 0.3) is 6.08 Å². The summed E-state index contributed by atoms with van der Waals surface area (Å²) in [4.78, 5) is 55.5. The van der Waals surface area contributed by atoms with Crippen LogP contribution in [0.2, 0.25) is 5.02 Å². The van der Waals surface area contributed by atoms with Crippen LogP contribution in [-0.4, -0.2) is 39.4 Å². The summed E-state index contributed by atoms with van der Waals surface area (Å²) in [5.74, 6) is -1.12. The van der Waals surface area contributed by atoms with E-state index in [1.54, 1.807) is 36.0 Å². The van der Waals surface area contributed by atoms with Crippen LogP contribution in [0.3, 0.4) is 0 Å². The summed E-state index contributed by atoms with van der Waals surface area (Å²) in [7, 11) is 0. The third-order valence-electron chi connectivity index (χ3n) is 6.93. The summed E-state index contributed by atoms with van der Waals surface area (Å²) in [5.41, 5.74) is 1.81. The highest BCUT2D eigenvalue weighted by atomic mass is 35.5. The van der Waals surface area contributed by atoms with Gasteiger partial charge in [0.15, 0.2) is 0 Å². The lowest BCUT2D eigenvalue weighted by atomic mass is 9.77. The Bertz CT molecular complexity index is 1250. The number of likely N-dealkylation sites (tertiary alicyclic amines) is 1. The first-order valence-electron chi connectivity index (χ1n) is 10.4. The normalized spacial score (nSPS) is 29.6. The molecule has 164 valence electrons. The number of anilines is 1. The molecule has 1 aromatic carbocycles. The molecule has 6 rings (SSSR count). The van der Waals surface area contributed by atoms with Crippen molar-refractivity contribution in [2.45, 2.75) is 23.1 Å². The number of carbonyl (C=O) groups excluding carboxylic acids is 3. The van der Waals surface area contributed by atoms with E-state index in [1.165, 1.54) is 21.8 Å². The van der Waals surface area contributed by atoms with Crippen molar-refractivity contribution in [3.05, 3.63) is 49.4 Å². The molecule has 3 heterocycles. The average molecular weight is 488 g/mol. The summed E-state index contributed by atoms with van der Waals surface area (Å²) in [6.07, 6.45) is 2.94. The van der Waals surface area contributed by atoms with Gasteiger partial charge in [-0.2, -0.15) is 0 Å². The van der Waals surface area contributed by atoms with Crippen molar-refractivity contribution in [2.75, 3.05) is 11.9 Å². The van der Waals surface area contributed by atoms with Gasteiger partial charge in [-0.1, -0.05) is 40.3 Å². The van der Waals surface area contributed by atoms with E-state index in [0.717, 1.165) is 16.3 Å². The zero-order chi connectivity index (χ0) is 22.1. The number of halogens is 1. The van der Waals surface area contributed by atoms with Crippen LogP contribution in [0.1, 0.15) is 17.7 Å². The number of nitrogens with one attached hydrogen (secondary N) is 2. The lowest BCUT2D eigenvalue weighted by molar-refractivity contribution is -0.140. The number of benzene rings is 1. The Labute approximate surface area is 196 Å². The second-order valence-electron chi connectivity index (χ2n) is 8.58. The van der Waals surface area contributed by atoms with Gasteiger partial charge in [-0.3, -0.25) is 24.1 Å². The van der Waals surface area contributed by atoms with Gasteiger partial charge in [0.05, 0.1) is 21.7 Å². The fourth-order valence-electron chi connectivity index (χ4n) is 5.67. The molecule has 4 aliphatic rings. The quantitative estimate of drug-likeness (QED) is 0.645. The van der Waals surface area contributed by atoms with Gasteiger partial charge < -0.3 is 10.3 Å². The first-order chi connectivity index (χ1) is 15.4. The molecular weight excluding hydrogens is 470 g/mol. The maximum absolute atomic E-state index is 13.2. The van der Waals surface area contributed by atoms with E-state index < -0.39 is 0 Å². The molecule has 2 aromatic rings. The van der Waals surface area contributed by atoms with E-state index in [-0.39, 0.29) is 64.5 Å². The molecule has 0 unspecified atom stereocenters. The molecule has 5 atom stereocenters. The minimum atomic E-state index is -0.341. The van der Waals surface area contributed by atoms with E-state index in [9.17, 15) is 19.2 Å². The number of nitrogens with zero attached hydrogens (tertiary/aromatic N) is 1. The predicted octanol–water partition coefficient (Wildman–Crippen LogP) is 3.23. The van der Waals surface area contributed by atoms with Crippen LogP contribution < -0.4 is 10.2 Å². The fraction of sp³-hybridized carbons (Fsp3) is 0.364. The zero-order valence-corrected chi connectivity index (χ0v) is 19.1. The molecule has 3 fully saturated rings. The lowest BCUT2D eigenvalue weighted by Gasteiger charge is -2.32. The van der Waals surface area contributed by atoms with Gasteiger partial charge in [0.25, 0.3) is 0 Å². The van der Waals surface area contributed by atoms with Crippen molar-refractivity contribution >= 4 is 64.2 Å². The average Bonchev–Trinajstić information content (AvgIpc) is 3.47. The first kappa shape index (κ1) is 20.3. The van der Waals surface area contributed by atoms with Crippen LogP contribution in [-0.2, 0) is 14.4 Å². The van der Waals surface area contributed by atoms with Crippen molar-refractivity contribution < 1.29 is 14.4 Å². The smallest absolute Gasteiger partial charge is 0.305 e.